The number of anilines is 1. The summed E-state index contributed by atoms with van der Waals surface area (Å²) < 4.78 is 29.6. The van der Waals surface area contributed by atoms with Crippen molar-refractivity contribution in [3.63, 3.8) is 0 Å². The van der Waals surface area contributed by atoms with Gasteiger partial charge < -0.3 is 10.2 Å². The van der Waals surface area contributed by atoms with Crippen molar-refractivity contribution in [2.45, 2.75) is 5.03 Å². The molecule has 5 rings (SSSR count). The quantitative estimate of drug-likeness (QED) is 0.550. The van der Waals surface area contributed by atoms with Crippen LogP contribution >= 0.6 is 22.9 Å². The van der Waals surface area contributed by atoms with Crippen LogP contribution in [0.25, 0.3) is 15.9 Å². The third-order valence-electron chi connectivity index (χ3n) is 4.81. The third kappa shape index (κ3) is 2.57. The van der Waals surface area contributed by atoms with E-state index in [1.54, 1.807) is 17.8 Å². The maximum absolute atomic E-state index is 13.4. The zero-order valence-electron chi connectivity index (χ0n) is 14.2. The van der Waals surface area contributed by atoms with Gasteiger partial charge in [-0.1, -0.05) is 17.7 Å². The lowest BCUT2D eigenvalue weighted by Crippen LogP contribution is -2.43. The molecule has 10 heteroatoms. The Bertz CT molecular complexity index is 1250. The van der Waals surface area contributed by atoms with Crippen LogP contribution in [0.5, 0.6) is 0 Å². The monoisotopic (exact) mass is 421 g/mol. The lowest BCUT2D eigenvalue weighted by atomic mass is 10.2. The summed E-state index contributed by atoms with van der Waals surface area (Å²) in [6.45, 7) is 3.61. The fourth-order valence-corrected chi connectivity index (χ4v) is 6.35. The molecule has 0 aliphatic carbocycles. The minimum absolute atomic E-state index is 0.00880. The van der Waals surface area contributed by atoms with Crippen molar-refractivity contribution in [2.75, 3.05) is 31.1 Å². The lowest BCUT2D eigenvalue weighted by Gasteiger charge is -2.30. The number of rotatable bonds is 3. The van der Waals surface area contributed by atoms with Crippen molar-refractivity contribution in [1.29, 1.82) is 0 Å². The van der Waals surface area contributed by atoms with Gasteiger partial charge in [0.1, 0.15) is 0 Å². The predicted octanol–water partition coefficient (Wildman–Crippen LogP) is 2.65. The zero-order valence-corrected chi connectivity index (χ0v) is 16.6. The van der Waals surface area contributed by atoms with E-state index < -0.39 is 10.0 Å². The normalized spacial score (nSPS) is 15.8. The van der Waals surface area contributed by atoms with Gasteiger partial charge >= 0.3 is 0 Å². The summed E-state index contributed by atoms with van der Waals surface area (Å²) in [5.74, 6) is 0. The van der Waals surface area contributed by atoms with E-state index in [4.69, 9.17) is 11.6 Å². The van der Waals surface area contributed by atoms with Crippen LogP contribution in [0.4, 0.5) is 5.69 Å². The Morgan fingerprint density at radius 3 is 2.78 bits per heavy atom. The fourth-order valence-electron chi connectivity index (χ4n) is 3.58. The standard InChI is InChI=1S/C17H16ClN5O2S2/c18-15-16(22-10-11-26-17(22)20-15)27(24,25)23-7-4-12-13(2-1-3-14(12)23)21-8-5-19-6-9-21/h1-4,7,10-11,19H,5-6,8-9H2. The molecule has 1 aliphatic heterocycles. The van der Waals surface area contributed by atoms with Crippen LogP contribution in [0.15, 0.2) is 47.1 Å². The first-order chi connectivity index (χ1) is 13.1. The highest BCUT2D eigenvalue weighted by molar-refractivity contribution is 7.90. The molecule has 0 bridgehead atoms. The molecule has 1 aromatic carbocycles. The molecule has 0 radical (unpaired) electrons. The van der Waals surface area contributed by atoms with Crippen LogP contribution in [0.3, 0.4) is 0 Å². The topological polar surface area (TPSA) is 71.6 Å². The largest absolute Gasteiger partial charge is 0.368 e. The maximum atomic E-state index is 13.4. The van der Waals surface area contributed by atoms with Gasteiger partial charge in [-0.25, -0.2) is 8.96 Å². The van der Waals surface area contributed by atoms with E-state index in [2.05, 4.69) is 15.2 Å². The first-order valence-electron chi connectivity index (χ1n) is 8.50. The highest BCUT2D eigenvalue weighted by Crippen LogP contribution is 2.33. The average Bonchev–Trinajstić information content (AvgIpc) is 3.35. The molecular formula is C17H16ClN5O2S2. The SMILES string of the molecule is O=S(=O)(c1c(Cl)nc2sccn12)n1ccc2c(N3CCNCC3)cccc21. The number of fused-ring (bicyclic) bond motifs is 2. The van der Waals surface area contributed by atoms with Crippen molar-refractivity contribution in [3.05, 3.63) is 47.2 Å². The zero-order chi connectivity index (χ0) is 18.6. The highest BCUT2D eigenvalue weighted by Gasteiger charge is 2.28. The number of hydrogen-bond donors (Lipinski definition) is 1. The molecule has 140 valence electrons. The molecule has 0 saturated carbocycles. The van der Waals surface area contributed by atoms with E-state index in [0.717, 1.165) is 37.3 Å². The number of thiazole rings is 1. The second-order valence-electron chi connectivity index (χ2n) is 6.33. The number of benzene rings is 1. The second kappa shape index (κ2) is 6.23. The Morgan fingerprint density at radius 1 is 1.15 bits per heavy atom. The summed E-state index contributed by atoms with van der Waals surface area (Å²) in [4.78, 5) is 6.99. The number of hydrogen-bond acceptors (Lipinski definition) is 6. The van der Waals surface area contributed by atoms with Gasteiger partial charge in [-0.2, -0.15) is 8.42 Å². The predicted molar refractivity (Wildman–Crippen MR) is 108 cm³/mol. The van der Waals surface area contributed by atoms with Gasteiger partial charge in [0.15, 0.2) is 10.1 Å². The molecule has 1 saturated heterocycles. The smallest absolute Gasteiger partial charge is 0.287 e. The first kappa shape index (κ1) is 17.1. The molecule has 0 amide bonds. The fraction of sp³-hybridized carbons (Fsp3) is 0.235. The molecule has 4 aromatic rings. The van der Waals surface area contributed by atoms with Crippen LogP contribution in [0.1, 0.15) is 0 Å². The number of imidazole rings is 1. The van der Waals surface area contributed by atoms with E-state index >= 15 is 0 Å². The molecule has 0 unspecified atom stereocenters. The minimum Gasteiger partial charge on any atom is -0.368 e. The van der Waals surface area contributed by atoms with Crippen LogP contribution in [0, 0.1) is 0 Å². The summed E-state index contributed by atoms with van der Waals surface area (Å²) in [6, 6.07) is 7.60. The Labute approximate surface area is 164 Å². The van der Waals surface area contributed by atoms with Crippen LogP contribution in [-0.4, -0.2) is 48.0 Å². The second-order valence-corrected chi connectivity index (χ2v) is 9.29. The first-order valence-corrected chi connectivity index (χ1v) is 11.2. The summed E-state index contributed by atoms with van der Waals surface area (Å²) in [5, 5.41) is 6.01. The maximum Gasteiger partial charge on any atom is 0.287 e. The summed E-state index contributed by atoms with van der Waals surface area (Å²) in [7, 11) is -3.89. The Morgan fingerprint density at radius 2 is 1.96 bits per heavy atom. The molecular weight excluding hydrogens is 406 g/mol. The molecule has 3 aromatic heterocycles. The van der Waals surface area contributed by atoms with Crippen LogP contribution in [-0.2, 0) is 10.0 Å². The number of piperazine rings is 1. The molecule has 27 heavy (non-hydrogen) atoms. The third-order valence-corrected chi connectivity index (χ3v) is 7.66. The molecule has 1 N–H and O–H groups in total. The van der Waals surface area contributed by atoms with Gasteiger partial charge in [-0.05, 0) is 18.2 Å². The van der Waals surface area contributed by atoms with Crippen molar-refractivity contribution in [1.82, 2.24) is 18.7 Å². The summed E-state index contributed by atoms with van der Waals surface area (Å²) in [5.41, 5.74) is 1.68. The number of nitrogens with zero attached hydrogens (tertiary/aromatic N) is 4. The lowest BCUT2D eigenvalue weighted by molar-refractivity contribution is 0.584. The molecule has 4 heterocycles. The van der Waals surface area contributed by atoms with Crippen LogP contribution in [0.2, 0.25) is 5.15 Å². The average molecular weight is 422 g/mol. The van der Waals surface area contributed by atoms with Gasteiger partial charge in [0, 0.05) is 55.0 Å². The number of nitrogens with one attached hydrogen (secondary N) is 1. The van der Waals surface area contributed by atoms with Crippen molar-refractivity contribution >= 4 is 54.5 Å². The van der Waals surface area contributed by atoms with Gasteiger partial charge in [0.05, 0.1) is 5.52 Å². The number of aromatic nitrogens is 3. The van der Waals surface area contributed by atoms with Gasteiger partial charge in [-0.15, -0.1) is 11.3 Å². The molecule has 1 fully saturated rings. The Kier molecular flexibility index (Phi) is 3.94. The summed E-state index contributed by atoms with van der Waals surface area (Å²) >= 11 is 7.52. The Balaban J connectivity index is 1.69. The van der Waals surface area contributed by atoms with E-state index in [9.17, 15) is 8.42 Å². The van der Waals surface area contributed by atoms with Crippen LogP contribution < -0.4 is 10.2 Å². The van der Waals surface area contributed by atoms with Gasteiger partial charge in [-0.3, -0.25) is 4.40 Å². The van der Waals surface area contributed by atoms with Gasteiger partial charge in [0.2, 0.25) is 5.03 Å². The molecule has 7 nitrogen and oxygen atoms in total. The van der Waals surface area contributed by atoms with Crippen molar-refractivity contribution in [3.8, 4) is 0 Å². The summed E-state index contributed by atoms with van der Waals surface area (Å²) in [6.07, 6.45) is 3.26. The van der Waals surface area contributed by atoms with E-state index in [1.165, 1.54) is 19.7 Å². The van der Waals surface area contributed by atoms with E-state index in [1.807, 2.05) is 24.3 Å². The molecule has 1 aliphatic rings. The highest BCUT2D eigenvalue weighted by atomic mass is 35.5. The van der Waals surface area contributed by atoms with E-state index in [0.29, 0.717) is 10.5 Å². The molecule has 0 spiro atoms. The molecule has 0 atom stereocenters. The van der Waals surface area contributed by atoms with E-state index in [-0.39, 0.29) is 10.2 Å². The minimum atomic E-state index is -3.89. The van der Waals surface area contributed by atoms with Crippen molar-refractivity contribution in [2.24, 2.45) is 0 Å². The number of halogens is 1. The van der Waals surface area contributed by atoms with Crippen molar-refractivity contribution < 1.29 is 8.42 Å². The van der Waals surface area contributed by atoms with Gasteiger partial charge in [0.25, 0.3) is 10.0 Å². The Hall–Kier alpha value is -2.07.